The van der Waals surface area contributed by atoms with Crippen LogP contribution in [0.2, 0.25) is 0 Å². The quantitative estimate of drug-likeness (QED) is 0.706. The highest BCUT2D eigenvalue weighted by molar-refractivity contribution is 9.11. The Balaban J connectivity index is 2.45. The molecule has 0 aliphatic rings. The van der Waals surface area contributed by atoms with Gasteiger partial charge in [0.05, 0.1) is 5.69 Å². The average molecular weight is 435 g/mol. The molecule has 4 nitrogen and oxygen atoms in total. The molecule has 0 bridgehead atoms. The van der Waals surface area contributed by atoms with E-state index in [1.54, 1.807) is 32.0 Å². The minimum absolute atomic E-state index is 0.139. The summed E-state index contributed by atoms with van der Waals surface area (Å²) in [7, 11) is -3.71. The molecule has 7 heteroatoms. The zero-order chi connectivity index (χ0) is 15.8. The Kier molecular flexibility index (Phi) is 4.65. The van der Waals surface area contributed by atoms with E-state index < -0.39 is 10.0 Å². The molecule has 0 amide bonds. The first kappa shape index (κ1) is 16.3. The van der Waals surface area contributed by atoms with E-state index in [0.717, 1.165) is 4.47 Å². The van der Waals surface area contributed by atoms with Crippen LogP contribution in [0.1, 0.15) is 11.1 Å². The molecule has 2 rings (SSSR count). The lowest BCUT2D eigenvalue weighted by molar-refractivity contribution is 0.471. The van der Waals surface area contributed by atoms with E-state index in [0.29, 0.717) is 21.3 Å². The maximum Gasteiger partial charge on any atom is 0.263 e. The highest BCUT2D eigenvalue weighted by Gasteiger charge is 2.19. The molecule has 0 aromatic heterocycles. The van der Waals surface area contributed by atoms with Crippen LogP contribution in [0.15, 0.2) is 44.2 Å². The Morgan fingerprint density at radius 3 is 2.33 bits per heavy atom. The molecule has 0 fully saturated rings. The minimum Gasteiger partial charge on any atom is -0.508 e. The van der Waals surface area contributed by atoms with Gasteiger partial charge in [0.15, 0.2) is 0 Å². The lowest BCUT2D eigenvalue weighted by atomic mass is 10.1. The van der Waals surface area contributed by atoms with Crippen LogP contribution in [-0.4, -0.2) is 13.5 Å². The van der Waals surface area contributed by atoms with Gasteiger partial charge in [0.2, 0.25) is 0 Å². The van der Waals surface area contributed by atoms with Crippen molar-refractivity contribution in [2.75, 3.05) is 4.72 Å². The third-order valence-electron chi connectivity index (χ3n) is 2.97. The lowest BCUT2D eigenvalue weighted by Crippen LogP contribution is -2.14. The molecule has 0 heterocycles. The van der Waals surface area contributed by atoms with Gasteiger partial charge in [-0.25, -0.2) is 8.42 Å². The normalized spacial score (nSPS) is 11.4. The van der Waals surface area contributed by atoms with Gasteiger partial charge in [-0.15, -0.1) is 0 Å². The number of anilines is 1. The number of phenols is 1. The molecular weight excluding hydrogens is 422 g/mol. The Labute approximate surface area is 140 Å². The van der Waals surface area contributed by atoms with E-state index in [4.69, 9.17) is 0 Å². The predicted octanol–water partition coefficient (Wildman–Crippen LogP) is 4.33. The SMILES string of the molecule is Cc1cc(NS(=O)(=O)c2ccc(Br)cc2Br)c(C)cc1O. The van der Waals surface area contributed by atoms with Gasteiger partial charge in [-0.2, -0.15) is 0 Å². The molecule has 0 unspecified atom stereocenters. The van der Waals surface area contributed by atoms with Crippen LogP contribution in [-0.2, 0) is 10.0 Å². The first-order valence-corrected chi connectivity index (χ1v) is 9.06. The largest absolute Gasteiger partial charge is 0.508 e. The summed E-state index contributed by atoms with van der Waals surface area (Å²) in [6.07, 6.45) is 0. The van der Waals surface area contributed by atoms with Crippen molar-refractivity contribution < 1.29 is 13.5 Å². The Morgan fingerprint density at radius 2 is 1.71 bits per heavy atom. The summed E-state index contributed by atoms with van der Waals surface area (Å²) in [6.45, 7) is 3.44. The monoisotopic (exact) mass is 433 g/mol. The number of hydrogen-bond acceptors (Lipinski definition) is 3. The summed E-state index contributed by atoms with van der Waals surface area (Å²) < 4.78 is 28.7. The van der Waals surface area contributed by atoms with Crippen molar-refractivity contribution in [3.8, 4) is 5.75 Å². The minimum atomic E-state index is -3.71. The molecule has 2 aromatic rings. The number of nitrogens with one attached hydrogen (secondary N) is 1. The third kappa shape index (κ3) is 3.59. The van der Waals surface area contributed by atoms with Crippen LogP contribution in [0.3, 0.4) is 0 Å². The standard InChI is InChI=1S/C14H13Br2NO3S/c1-8-6-13(18)9(2)5-12(8)17-21(19,20)14-4-3-10(15)7-11(14)16/h3-7,17-18H,1-2H3. The van der Waals surface area contributed by atoms with Crippen molar-refractivity contribution in [1.82, 2.24) is 0 Å². The summed E-state index contributed by atoms with van der Waals surface area (Å²) in [4.78, 5) is 0.149. The molecule has 0 spiro atoms. The number of hydrogen-bond donors (Lipinski definition) is 2. The highest BCUT2D eigenvalue weighted by Crippen LogP contribution is 2.30. The Morgan fingerprint density at radius 1 is 1.05 bits per heavy atom. The van der Waals surface area contributed by atoms with E-state index in [9.17, 15) is 13.5 Å². The van der Waals surface area contributed by atoms with Gasteiger partial charge < -0.3 is 5.11 Å². The molecule has 112 valence electrons. The number of phenolic OH excluding ortho intramolecular Hbond substituents is 1. The number of rotatable bonds is 3. The van der Waals surface area contributed by atoms with Crippen molar-refractivity contribution in [3.63, 3.8) is 0 Å². The Bertz CT molecular complexity index is 804. The molecule has 0 radical (unpaired) electrons. The van der Waals surface area contributed by atoms with Crippen molar-refractivity contribution in [3.05, 3.63) is 50.4 Å². The predicted molar refractivity (Wildman–Crippen MR) is 90.2 cm³/mol. The molecule has 0 aliphatic heterocycles. The summed E-state index contributed by atoms with van der Waals surface area (Å²) in [5.41, 5.74) is 1.70. The van der Waals surface area contributed by atoms with Crippen LogP contribution in [0.4, 0.5) is 5.69 Å². The Hall–Kier alpha value is -1.05. The number of sulfonamides is 1. The van der Waals surface area contributed by atoms with Gasteiger partial charge in [0, 0.05) is 8.95 Å². The topological polar surface area (TPSA) is 66.4 Å². The van der Waals surface area contributed by atoms with E-state index in [-0.39, 0.29) is 10.6 Å². The fraction of sp³-hybridized carbons (Fsp3) is 0.143. The summed E-state index contributed by atoms with van der Waals surface area (Å²) in [6, 6.07) is 7.98. The molecule has 0 saturated carbocycles. The second-order valence-electron chi connectivity index (χ2n) is 4.63. The van der Waals surface area contributed by atoms with Gasteiger partial charge in [-0.1, -0.05) is 15.9 Å². The van der Waals surface area contributed by atoms with E-state index in [1.165, 1.54) is 12.1 Å². The van der Waals surface area contributed by atoms with Crippen LogP contribution >= 0.6 is 31.9 Å². The molecule has 2 aromatic carbocycles. The van der Waals surface area contributed by atoms with Crippen LogP contribution < -0.4 is 4.72 Å². The van der Waals surface area contributed by atoms with Gasteiger partial charge in [0.25, 0.3) is 10.0 Å². The number of aromatic hydroxyl groups is 1. The molecule has 0 aliphatic carbocycles. The molecular formula is C14H13Br2NO3S. The van der Waals surface area contributed by atoms with Gasteiger partial charge >= 0.3 is 0 Å². The number of benzene rings is 2. The smallest absolute Gasteiger partial charge is 0.263 e. The highest BCUT2D eigenvalue weighted by atomic mass is 79.9. The van der Waals surface area contributed by atoms with Gasteiger partial charge in [-0.05, 0) is 71.2 Å². The maximum absolute atomic E-state index is 12.5. The summed E-state index contributed by atoms with van der Waals surface area (Å²) >= 11 is 6.54. The maximum atomic E-state index is 12.5. The van der Waals surface area contributed by atoms with Crippen molar-refractivity contribution in [2.24, 2.45) is 0 Å². The zero-order valence-corrected chi connectivity index (χ0v) is 15.3. The van der Waals surface area contributed by atoms with Crippen LogP contribution in [0.5, 0.6) is 5.75 Å². The van der Waals surface area contributed by atoms with Crippen LogP contribution in [0, 0.1) is 13.8 Å². The van der Waals surface area contributed by atoms with Gasteiger partial charge in [-0.3, -0.25) is 4.72 Å². The first-order valence-electron chi connectivity index (χ1n) is 5.99. The second kappa shape index (κ2) is 5.98. The van der Waals surface area contributed by atoms with E-state index >= 15 is 0 Å². The summed E-state index contributed by atoms with van der Waals surface area (Å²) in [5, 5.41) is 9.62. The molecule has 21 heavy (non-hydrogen) atoms. The first-order chi connectivity index (χ1) is 9.70. The third-order valence-corrected chi connectivity index (χ3v) is 5.81. The molecule has 0 atom stereocenters. The summed E-state index contributed by atoms with van der Waals surface area (Å²) in [5.74, 6) is 0.139. The second-order valence-corrected chi connectivity index (χ2v) is 8.05. The average Bonchev–Trinajstić information content (AvgIpc) is 2.35. The van der Waals surface area contributed by atoms with Gasteiger partial charge in [0.1, 0.15) is 10.6 Å². The number of aryl methyl sites for hydroxylation is 2. The number of halogens is 2. The molecule has 0 saturated heterocycles. The van der Waals surface area contributed by atoms with E-state index in [2.05, 4.69) is 36.6 Å². The van der Waals surface area contributed by atoms with Crippen molar-refractivity contribution in [2.45, 2.75) is 18.7 Å². The van der Waals surface area contributed by atoms with Crippen molar-refractivity contribution in [1.29, 1.82) is 0 Å². The zero-order valence-electron chi connectivity index (χ0n) is 11.3. The molecule has 2 N–H and O–H groups in total. The van der Waals surface area contributed by atoms with Crippen molar-refractivity contribution >= 4 is 47.6 Å². The van der Waals surface area contributed by atoms with E-state index in [1.807, 2.05) is 0 Å². The lowest BCUT2D eigenvalue weighted by Gasteiger charge is -2.13. The van der Waals surface area contributed by atoms with Crippen LogP contribution in [0.25, 0.3) is 0 Å². The fourth-order valence-electron chi connectivity index (χ4n) is 1.80. The fourth-order valence-corrected chi connectivity index (χ4v) is 4.67.